The maximum atomic E-state index is 5.86. The molecule has 0 unspecified atom stereocenters. The van der Waals surface area contributed by atoms with Crippen LogP contribution in [0.5, 0.6) is 5.75 Å². The number of aryl methyl sites for hydroxylation is 1. The normalized spacial score (nSPS) is 11.4. The quantitative estimate of drug-likeness (QED) is 0.723. The summed E-state index contributed by atoms with van der Waals surface area (Å²) < 4.78 is 6.68. The van der Waals surface area contributed by atoms with Gasteiger partial charge < -0.3 is 9.22 Å². The lowest BCUT2D eigenvalue weighted by Gasteiger charge is -2.29. The Morgan fingerprint density at radius 2 is 1.76 bits per heavy atom. The topological polar surface area (TPSA) is 9.23 Å². The van der Waals surface area contributed by atoms with Crippen LogP contribution in [-0.4, -0.2) is 31.7 Å². The highest BCUT2D eigenvalue weighted by atomic mass is 35.5. The summed E-state index contributed by atoms with van der Waals surface area (Å²) in [5.41, 5.74) is 2.68. The van der Waals surface area contributed by atoms with Crippen LogP contribution < -0.4 is 4.74 Å². The van der Waals surface area contributed by atoms with Crippen LogP contribution in [-0.2, 0) is 6.54 Å². The molecule has 2 rings (SSSR count). The summed E-state index contributed by atoms with van der Waals surface area (Å²) in [6.07, 6.45) is 0. The van der Waals surface area contributed by atoms with Crippen molar-refractivity contribution in [3.63, 3.8) is 0 Å². The zero-order valence-corrected chi connectivity index (χ0v) is 13.7. The van der Waals surface area contributed by atoms with Crippen molar-refractivity contribution in [3.8, 4) is 5.75 Å². The average molecular weight is 305 g/mol. The van der Waals surface area contributed by atoms with Crippen LogP contribution in [0.2, 0.25) is 5.02 Å². The van der Waals surface area contributed by atoms with Gasteiger partial charge in [-0.05, 0) is 31.2 Å². The molecule has 2 aromatic rings. The maximum Gasteiger partial charge on any atom is 0.137 e. The van der Waals surface area contributed by atoms with Gasteiger partial charge in [0.2, 0.25) is 0 Å². The van der Waals surface area contributed by atoms with Crippen molar-refractivity contribution in [3.05, 3.63) is 64.7 Å². The van der Waals surface area contributed by atoms with Crippen LogP contribution in [0.15, 0.2) is 48.5 Å². The predicted molar refractivity (Wildman–Crippen MR) is 88.8 cm³/mol. The second kappa shape index (κ2) is 6.97. The number of halogens is 1. The number of benzene rings is 2. The Labute approximate surface area is 132 Å². The van der Waals surface area contributed by atoms with Crippen molar-refractivity contribution in [2.75, 3.05) is 27.2 Å². The molecule has 21 heavy (non-hydrogen) atoms. The van der Waals surface area contributed by atoms with Crippen molar-refractivity contribution in [1.29, 1.82) is 0 Å². The molecule has 3 heteroatoms. The van der Waals surface area contributed by atoms with Crippen molar-refractivity contribution >= 4 is 11.6 Å². The van der Waals surface area contributed by atoms with Gasteiger partial charge in [-0.1, -0.05) is 41.4 Å². The number of rotatable bonds is 6. The van der Waals surface area contributed by atoms with E-state index in [1.54, 1.807) is 0 Å². The molecule has 0 heterocycles. The number of likely N-dealkylation sites (N-methyl/N-ethyl adjacent to an activating group) is 1. The standard InChI is InChI=1S/C18H23ClNO/c1-15-5-4-6-16(13-15)14-20(2,3)11-12-21-18-9-7-17(19)8-10-18/h4-10,13H,11-12,14H2,1-3H3/q+1. The van der Waals surface area contributed by atoms with Crippen LogP contribution in [0.25, 0.3) is 0 Å². The van der Waals surface area contributed by atoms with Gasteiger partial charge in [0.1, 0.15) is 25.4 Å². The monoisotopic (exact) mass is 304 g/mol. The SMILES string of the molecule is Cc1cccc(C[N+](C)(C)CCOc2ccc(Cl)cc2)c1. The molecule has 2 nitrogen and oxygen atoms in total. The Hall–Kier alpha value is -1.51. The van der Waals surface area contributed by atoms with Gasteiger partial charge in [-0.15, -0.1) is 0 Å². The molecule has 0 saturated carbocycles. The van der Waals surface area contributed by atoms with Gasteiger partial charge >= 0.3 is 0 Å². The molecule has 0 aliphatic carbocycles. The largest absolute Gasteiger partial charge is 0.488 e. The lowest BCUT2D eigenvalue weighted by Crippen LogP contribution is -2.42. The molecule has 0 amide bonds. The fraction of sp³-hybridized carbons (Fsp3) is 0.333. The molecular weight excluding hydrogens is 282 g/mol. The van der Waals surface area contributed by atoms with Gasteiger partial charge in [-0.2, -0.15) is 0 Å². The van der Waals surface area contributed by atoms with Gasteiger partial charge in [0.15, 0.2) is 0 Å². The van der Waals surface area contributed by atoms with Gasteiger partial charge in [-0.25, -0.2) is 0 Å². The molecule has 0 saturated heterocycles. The highest BCUT2D eigenvalue weighted by molar-refractivity contribution is 6.30. The van der Waals surface area contributed by atoms with Gasteiger partial charge in [0, 0.05) is 10.6 Å². The number of hydrogen-bond donors (Lipinski definition) is 0. The summed E-state index contributed by atoms with van der Waals surface area (Å²) in [7, 11) is 4.46. The summed E-state index contributed by atoms with van der Waals surface area (Å²) in [6, 6.07) is 16.2. The van der Waals surface area contributed by atoms with Crippen LogP contribution in [0.3, 0.4) is 0 Å². The summed E-state index contributed by atoms with van der Waals surface area (Å²) in [6.45, 7) is 4.79. The maximum absolute atomic E-state index is 5.86. The van der Waals surface area contributed by atoms with E-state index in [-0.39, 0.29) is 0 Å². The summed E-state index contributed by atoms with van der Waals surface area (Å²) in [5, 5.41) is 0.734. The first-order valence-electron chi connectivity index (χ1n) is 7.20. The van der Waals surface area contributed by atoms with E-state index in [0.29, 0.717) is 6.61 Å². The van der Waals surface area contributed by atoms with Gasteiger partial charge in [0.05, 0.1) is 14.1 Å². The minimum Gasteiger partial charge on any atom is -0.488 e. The minimum absolute atomic E-state index is 0.695. The van der Waals surface area contributed by atoms with E-state index in [2.05, 4.69) is 45.3 Å². The first-order chi connectivity index (χ1) is 9.94. The highest BCUT2D eigenvalue weighted by Crippen LogP contribution is 2.16. The Balaban J connectivity index is 1.84. The number of quaternary nitrogens is 1. The van der Waals surface area contributed by atoms with Gasteiger partial charge in [-0.3, -0.25) is 0 Å². The third-order valence-electron chi connectivity index (χ3n) is 3.47. The zero-order chi connectivity index (χ0) is 15.3. The molecule has 0 bridgehead atoms. The fourth-order valence-corrected chi connectivity index (χ4v) is 2.45. The molecule has 2 aromatic carbocycles. The van der Waals surface area contributed by atoms with E-state index in [1.165, 1.54) is 11.1 Å². The summed E-state index contributed by atoms with van der Waals surface area (Å²) in [4.78, 5) is 0. The Kier molecular flexibility index (Phi) is 5.27. The Morgan fingerprint density at radius 1 is 1.05 bits per heavy atom. The van der Waals surface area contributed by atoms with E-state index in [1.807, 2.05) is 24.3 Å². The lowest BCUT2D eigenvalue weighted by atomic mass is 10.1. The smallest absolute Gasteiger partial charge is 0.137 e. The molecule has 0 atom stereocenters. The van der Waals surface area contributed by atoms with Crippen LogP contribution >= 0.6 is 11.6 Å². The lowest BCUT2D eigenvalue weighted by molar-refractivity contribution is -0.903. The second-order valence-corrected chi connectivity index (χ2v) is 6.55. The zero-order valence-electron chi connectivity index (χ0n) is 13.0. The second-order valence-electron chi connectivity index (χ2n) is 6.11. The molecule has 0 fully saturated rings. The summed E-state index contributed by atoms with van der Waals surface area (Å²) >= 11 is 5.86. The van der Waals surface area contributed by atoms with Crippen LogP contribution in [0.4, 0.5) is 0 Å². The van der Waals surface area contributed by atoms with Crippen LogP contribution in [0, 0.1) is 6.92 Å². The molecule has 0 spiro atoms. The molecule has 0 aliphatic rings. The van der Waals surface area contributed by atoms with E-state index in [4.69, 9.17) is 16.3 Å². The first kappa shape index (κ1) is 15.9. The predicted octanol–water partition coefficient (Wildman–Crippen LogP) is 4.30. The molecule has 0 aromatic heterocycles. The molecule has 0 radical (unpaired) electrons. The number of ether oxygens (including phenoxy) is 1. The third kappa shape index (κ3) is 5.41. The number of nitrogens with zero attached hydrogens (tertiary/aromatic N) is 1. The first-order valence-corrected chi connectivity index (χ1v) is 7.58. The van der Waals surface area contributed by atoms with E-state index < -0.39 is 0 Å². The van der Waals surface area contributed by atoms with Crippen molar-refractivity contribution in [2.45, 2.75) is 13.5 Å². The van der Waals surface area contributed by atoms with E-state index in [0.717, 1.165) is 28.3 Å². The Bertz CT molecular complexity index is 578. The van der Waals surface area contributed by atoms with Gasteiger partial charge in [0.25, 0.3) is 0 Å². The Morgan fingerprint density at radius 3 is 2.43 bits per heavy atom. The van der Waals surface area contributed by atoms with Crippen LogP contribution in [0.1, 0.15) is 11.1 Å². The fourth-order valence-electron chi connectivity index (χ4n) is 2.33. The summed E-state index contributed by atoms with van der Waals surface area (Å²) in [5.74, 6) is 0.870. The number of hydrogen-bond acceptors (Lipinski definition) is 1. The molecule has 112 valence electrons. The molecule has 0 N–H and O–H groups in total. The highest BCUT2D eigenvalue weighted by Gasteiger charge is 2.16. The van der Waals surface area contributed by atoms with Crippen molar-refractivity contribution < 1.29 is 9.22 Å². The molecular formula is C18H23ClNO+. The van der Waals surface area contributed by atoms with Crippen molar-refractivity contribution in [1.82, 2.24) is 0 Å². The van der Waals surface area contributed by atoms with Crippen molar-refractivity contribution in [2.24, 2.45) is 0 Å². The van der Waals surface area contributed by atoms with E-state index >= 15 is 0 Å². The average Bonchev–Trinajstić information content (AvgIpc) is 2.40. The minimum atomic E-state index is 0.695. The van der Waals surface area contributed by atoms with E-state index in [9.17, 15) is 0 Å². The third-order valence-corrected chi connectivity index (χ3v) is 3.72. The molecule has 0 aliphatic heterocycles.